The maximum Gasteiger partial charge on any atom is 0.234 e. The molecule has 1 aromatic carbocycles. The zero-order valence-electron chi connectivity index (χ0n) is 14.3. The van der Waals surface area contributed by atoms with E-state index in [0.717, 1.165) is 38.2 Å². The maximum atomic E-state index is 12.1. The van der Waals surface area contributed by atoms with Crippen LogP contribution in [0.4, 0.5) is 0 Å². The average Bonchev–Trinajstić information content (AvgIpc) is 3.06. The molecule has 0 aliphatic carbocycles. The summed E-state index contributed by atoms with van der Waals surface area (Å²) >= 11 is 0. The number of likely N-dealkylation sites (tertiary alicyclic amines) is 1. The molecule has 1 aromatic heterocycles. The van der Waals surface area contributed by atoms with Crippen molar-refractivity contribution < 1.29 is 9.90 Å². The lowest BCUT2D eigenvalue weighted by atomic mass is 10.1. The number of amides is 1. The fourth-order valence-corrected chi connectivity index (χ4v) is 3.11. The van der Waals surface area contributed by atoms with Gasteiger partial charge in [-0.05, 0) is 31.4 Å². The number of rotatable bonds is 7. The number of aliphatic hydroxyl groups excluding tert-OH is 1. The highest BCUT2D eigenvalue weighted by Gasteiger charge is 2.19. The number of aromatic nitrogens is 3. The van der Waals surface area contributed by atoms with E-state index in [-0.39, 0.29) is 12.0 Å². The molecular weight excluding hydrogens is 318 g/mol. The summed E-state index contributed by atoms with van der Waals surface area (Å²) in [4.78, 5) is 14.1. The van der Waals surface area contributed by atoms with E-state index in [9.17, 15) is 9.90 Å². The monoisotopic (exact) mass is 343 g/mol. The molecule has 7 nitrogen and oxygen atoms in total. The van der Waals surface area contributed by atoms with Crippen LogP contribution >= 0.6 is 0 Å². The molecule has 0 radical (unpaired) electrons. The summed E-state index contributed by atoms with van der Waals surface area (Å²) < 4.78 is 1.97. The summed E-state index contributed by atoms with van der Waals surface area (Å²) in [6.45, 7) is 2.89. The minimum Gasteiger partial charge on any atom is -0.392 e. The van der Waals surface area contributed by atoms with Gasteiger partial charge in [-0.2, -0.15) is 0 Å². The predicted octanol–water partition coefficient (Wildman–Crippen LogP) is 0.594. The Labute approximate surface area is 147 Å². The molecule has 1 aliphatic rings. The van der Waals surface area contributed by atoms with E-state index >= 15 is 0 Å². The number of benzene rings is 1. The van der Waals surface area contributed by atoms with Gasteiger partial charge in [0.1, 0.15) is 6.33 Å². The van der Waals surface area contributed by atoms with E-state index in [1.54, 1.807) is 6.33 Å². The molecule has 1 amide bonds. The lowest BCUT2D eigenvalue weighted by Gasteiger charge is -2.29. The van der Waals surface area contributed by atoms with Crippen molar-refractivity contribution in [2.24, 2.45) is 0 Å². The van der Waals surface area contributed by atoms with Crippen molar-refractivity contribution in [3.63, 3.8) is 0 Å². The Hall–Kier alpha value is -2.25. The van der Waals surface area contributed by atoms with Crippen LogP contribution in [0.25, 0.3) is 0 Å². The minimum absolute atomic E-state index is 0.0493. The van der Waals surface area contributed by atoms with E-state index in [0.29, 0.717) is 19.6 Å². The van der Waals surface area contributed by atoms with E-state index in [1.165, 1.54) is 5.56 Å². The number of β-amino-alcohol motifs (C(OH)–C–C–N with tert-alkyl or cyclic N) is 1. The molecule has 1 fully saturated rings. The first-order valence-electron chi connectivity index (χ1n) is 8.78. The molecule has 3 rings (SSSR count). The largest absolute Gasteiger partial charge is 0.392 e. The van der Waals surface area contributed by atoms with Crippen LogP contribution in [0.3, 0.4) is 0 Å². The molecule has 1 atom stereocenters. The molecule has 0 saturated carbocycles. The number of nitrogens with zero attached hydrogens (tertiary/aromatic N) is 4. The number of nitrogens with one attached hydrogen (secondary N) is 1. The highest BCUT2D eigenvalue weighted by Crippen LogP contribution is 2.09. The molecule has 25 heavy (non-hydrogen) atoms. The Kier molecular flexibility index (Phi) is 6.14. The van der Waals surface area contributed by atoms with Gasteiger partial charge in [-0.1, -0.05) is 30.3 Å². The van der Waals surface area contributed by atoms with Crippen molar-refractivity contribution in [2.45, 2.75) is 38.5 Å². The number of aryl methyl sites for hydroxylation is 2. The zero-order chi connectivity index (χ0) is 17.5. The number of carbonyl (C=O) groups is 1. The fraction of sp³-hybridized carbons (Fsp3) is 0.500. The van der Waals surface area contributed by atoms with Crippen LogP contribution in [0.2, 0.25) is 0 Å². The molecule has 134 valence electrons. The SMILES string of the molecule is O=C(CN1CCC[C@H](O)C1)NCc1nncn1CCc1ccccc1. The standard InChI is InChI=1S/C18H25N5O2/c24-16-7-4-9-22(12-16)13-18(25)19-11-17-21-20-14-23(17)10-8-15-5-2-1-3-6-15/h1-3,5-6,14,16,24H,4,7-13H2,(H,19,25)/t16-/m0/s1. The summed E-state index contributed by atoms with van der Waals surface area (Å²) in [6, 6.07) is 10.3. The number of piperidine rings is 1. The van der Waals surface area contributed by atoms with Gasteiger partial charge in [0.25, 0.3) is 0 Å². The molecule has 0 spiro atoms. The van der Waals surface area contributed by atoms with Gasteiger partial charge < -0.3 is 15.0 Å². The van der Waals surface area contributed by atoms with Gasteiger partial charge in [-0.15, -0.1) is 10.2 Å². The van der Waals surface area contributed by atoms with Crippen LogP contribution in [-0.4, -0.2) is 56.4 Å². The Morgan fingerprint density at radius 1 is 1.32 bits per heavy atom. The summed E-state index contributed by atoms with van der Waals surface area (Å²) in [5.74, 6) is 0.703. The summed E-state index contributed by atoms with van der Waals surface area (Å²) in [5, 5.41) is 20.6. The molecule has 1 aliphatic heterocycles. The molecule has 2 heterocycles. The van der Waals surface area contributed by atoms with Gasteiger partial charge in [-0.25, -0.2) is 0 Å². The first kappa shape index (κ1) is 17.6. The molecule has 7 heteroatoms. The number of hydrogen-bond acceptors (Lipinski definition) is 5. The third-order valence-corrected chi connectivity index (χ3v) is 4.47. The first-order valence-corrected chi connectivity index (χ1v) is 8.78. The van der Waals surface area contributed by atoms with Crippen LogP contribution in [0.15, 0.2) is 36.7 Å². The highest BCUT2D eigenvalue weighted by molar-refractivity contribution is 5.77. The second-order valence-electron chi connectivity index (χ2n) is 6.48. The molecule has 2 N–H and O–H groups in total. The minimum atomic E-state index is -0.317. The summed E-state index contributed by atoms with van der Waals surface area (Å²) in [6.07, 6.45) is 4.03. The van der Waals surface area contributed by atoms with Crippen molar-refractivity contribution in [2.75, 3.05) is 19.6 Å². The van der Waals surface area contributed by atoms with Crippen molar-refractivity contribution in [1.29, 1.82) is 0 Å². The second kappa shape index (κ2) is 8.73. The van der Waals surface area contributed by atoms with Crippen molar-refractivity contribution in [1.82, 2.24) is 25.0 Å². The topological polar surface area (TPSA) is 83.3 Å². The maximum absolute atomic E-state index is 12.1. The van der Waals surface area contributed by atoms with Crippen LogP contribution in [0.1, 0.15) is 24.2 Å². The lowest BCUT2D eigenvalue weighted by Crippen LogP contribution is -2.44. The Balaban J connectivity index is 1.45. The summed E-state index contributed by atoms with van der Waals surface area (Å²) in [5.41, 5.74) is 1.26. The smallest absolute Gasteiger partial charge is 0.234 e. The molecular formula is C18H25N5O2. The lowest BCUT2D eigenvalue weighted by molar-refractivity contribution is -0.123. The molecule has 0 bridgehead atoms. The number of aliphatic hydroxyl groups is 1. The third-order valence-electron chi connectivity index (χ3n) is 4.47. The fourth-order valence-electron chi connectivity index (χ4n) is 3.11. The van der Waals surface area contributed by atoms with E-state index in [2.05, 4.69) is 27.6 Å². The normalized spacial score (nSPS) is 18.2. The van der Waals surface area contributed by atoms with Gasteiger partial charge in [0.05, 0.1) is 19.2 Å². The summed E-state index contributed by atoms with van der Waals surface area (Å²) in [7, 11) is 0. The van der Waals surface area contributed by atoms with Gasteiger partial charge >= 0.3 is 0 Å². The van der Waals surface area contributed by atoms with Crippen molar-refractivity contribution in [3.05, 3.63) is 48.0 Å². The number of hydrogen-bond donors (Lipinski definition) is 2. The van der Waals surface area contributed by atoms with Gasteiger partial charge in [0.15, 0.2) is 5.82 Å². The van der Waals surface area contributed by atoms with E-state index < -0.39 is 0 Å². The second-order valence-corrected chi connectivity index (χ2v) is 6.48. The first-order chi connectivity index (χ1) is 12.2. The Bertz CT molecular complexity index is 673. The van der Waals surface area contributed by atoms with E-state index in [4.69, 9.17) is 0 Å². The quantitative estimate of drug-likeness (QED) is 0.769. The average molecular weight is 343 g/mol. The third kappa shape index (κ3) is 5.37. The van der Waals surface area contributed by atoms with Crippen molar-refractivity contribution >= 4 is 5.91 Å². The Morgan fingerprint density at radius 3 is 2.96 bits per heavy atom. The van der Waals surface area contributed by atoms with Gasteiger partial charge in [-0.3, -0.25) is 9.69 Å². The molecule has 2 aromatic rings. The van der Waals surface area contributed by atoms with E-state index in [1.807, 2.05) is 27.7 Å². The Morgan fingerprint density at radius 2 is 2.16 bits per heavy atom. The molecule has 1 saturated heterocycles. The van der Waals surface area contributed by atoms with Gasteiger partial charge in [0, 0.05) is 13.1 Å². The predicted molar refractivity (Wildman–Crippen MR) is 93.7 cm³/mol. The highest BCUT2D eigenvalue weighted by atomic mass is 16.3. The van der Waals surface area contributed by atoms with Crippen LogP contribution in [0.5, 0.6) is 0 Å². The zero-order valence-corrected chi connectivity index (χ0v) is 14.3. The van der Waals surface area contributed by atoms with Crippen molar-refractivity contribution in [3.8, 4) is 0 Å². The van der Waals surface area contributed by atoms with Crippen LogP contribution < -0.4 is 5.32 Å². The van der Waals surface area contributed by atoms with Crippen LogP contribution in [-0.2, 0) is 24.3 Å². The van der Waals surface area contributed by atoms with Crippen LogP contribution in [0, 0.1) is 0 Å². The number of carbonyl (C=O) groups excluding carboxylic acids is 1. The molecule has 0 unspecified atom stereocenters. The van der Waals surface area contributed by atoms with Gasteiger partial charge in [0.2, 0.25) is 5.91 Å².